The van der Waals surface area contributed by atoms with E-state index in [2.05, 4.69) is 0 Å². The van der Waals surface area contributed by atoms with Gasteiger partial charge in [0.05, 0.1) is 25.6 Å². The highest BCUT2D eigenvalue weighted by atomic mass is 35.5. The van der Waals surface area contributed by atoms with Gasteiger partial charge in [-0.25, -0.2) is 4.90 Å². The van der Waals surface area contributed by atoms with Crippen LogP contribution >= 0.6 is 11.6 Å². The Morgan fingerprint density at radius 1 is 1.00 bits per heavy atom. The van der Waals surface area contributed by atoms with Crippen LogP contribution in [0, 0.1) is 0 Å². The summed E-state index contributed by atoms with van der Waals surface area (Å²) in [7, 11) is 1.56. The molecule has 2 aromatic rings. The van der Waals surface area contributed by atoms with Crippen molar-refractivity contribution in [1.82, 2.24) is 4.90 Å². The number of nitrogens with zero attached hydrogens (tertiary/aromatic N) is 2. The molecule has 7 heteroatoms. The molecular formula is C26H29ClN2O4. The summed E-state index contributed by atoms with van der Waals surface area (Å²) in [6.45, 7) is 0. The molecule has 2 aliphatic rings. The predicted molar refractivity (Wildman–Crippen MR) is 127 cm³/mol. The number of amides is 3. The fourth-order valence-corrected chi connectivity index (χ4v) is 5.00. The van der Waals surface area contributed by atoms with E-state index in [1.165, 1.54) is 4.90 Å². The Bertz CT molecular complexity index is 998. The van der Waals surface area contributed by atoms with Crippen molar-refractivity contribution >= 4 is 35.0 Å². The number of carbonyl (C=O) groups excluding carboxylic acids is 3. The van der Waals surface area contributed by atoms with Crippen LogP contribution in [0.1, 0.15) is 50.5 Å². The average Bonchev–Trinajstić information content (AvgIpc) is 2.98. The number of ether oxygens (including phenoxy) is 1. The fourth-order valence-electron chi connectivity index (χ4n) is 4.87. The van der Waals surface area contributed by atoms with Crippen LogP contribution in [0.4, 0.5) is 5.69 Å². The van der Waals surface area contributed by atoms with Crippen molar-refractivity contribution in [1.29, 1.82) is 0 Å². The highest BCUT2D eigenvalue weighted by Gasteiger charge is 2.46. The van der Waals surface area contributed by atoms with E-state index in [9.17, 15) is 14.4 Å². The van der Waals surface area contributed by atoms with Crippen LogP contribution in [0.5, 0.6) is 5.75 Å². The minimum Gasteiger partial charge on any atom is -0.497 e. The normalized spacial score (nSPS) is 19.5. The standard InChI is InChI=1S/C26H29ClN2O4/c1-33-22-14-12-21(13-15-22)29-25(31)17-23(26(29)32)28(20-6-4-2-3-5-7-20)24(30)16-18-8-10-19(27)11-9-18/h8-15,20,23H,2-7,16-17H2,1H3. The maximum Gasteiger partial charge on any atom is 0.257 e. The quantitative estimate of drug-likeness (QED) is 0.452. The van der Waals surface area contributed by atoms with Gasteiger partial charge in [0, 0.05) is 11.1 Å². The van der Waals surface area contributed by atoms with Gasteiger partial charge in [-0.05, 0) is 54.8 Å². The van der Waals surface area contributed by atoms with E-state index < -0.39 is 6.04 Å². The van der Waals surface area contributed by atoms with Crippen LogP contribution in [0.2, 0.25) is 5.02 Å². The summed E-state index contributed by atoms with van der Waals surface area (Å²) in [5.74, 6) is -0.0912. The number of methoxy groups -OCH3 is 1. The molecule has 3 amide bonds. The molecule has 2 aromatic carbocycles. The molecule has 2 fully saturated rings. The van der Waals surface area contributed by atoms with E-state index in [1.54, 1.807) is 48.4 Å². The summed E-state index contributed by atoms with van der Waals surface area (Å²) in [6, 6.07) is 13.2. The molecule has 1 saturated heterocycles. The number of halogens is 1. The Balaban J connectivity index is 1.61. The molecule has 174 valence electrons. The molecule has 1 aliphatic carbocycles. The lowest BCUT2D eigenvalue weighted by Crippen LogP contribution is -2.51. The Hall–Kier alpha value is -2.86. The minimum absolute atomic E-state index is 0.00766. The van der Waals surface area contributed by atoms with Gasteiger partial charge in [0.15, 0.2) is 0 Å². The molecule has 0 spiro atoms. The number of hydrogen-bond donors (Lipinski definition) is 0. The van der Waals surface area contributed by atoms with Crippen LogP contribution in [-0.2, 0) is 20.8 Å². The van der Waals surface area contributed by atoms with Gasteiger partial charge >= 0.3 is 0 Å². The maximum absolute atomic E-state index is 13.6. The molecule has 1 heterocycles. The summed E-state index contributed by atoms with van der Waals surface area (Å²) >= 11 is 5.99. The van der Waals surface area contributed by atoms with E-state index in [-0.39, 0.29) is 36.6 Å². The maximum atomic E-state index is 13.6. The third-order valence-corrected chi connectivity index (χ3v) is 6.82. The Kier molecular flexibility index (Phi) is 7.33. The molecule has 1 atom stereocenters. The Morgan fingerprint density at radius 2 is 1.64 bits per heavy atom. The summed E-state index contributed by atoms with van der Waals surface area (Å²) in [4.78, 5) is 43.0. The lowest BCUT2D eigenvalue weighted by molar-refractivity contribution is -0.140. The number of carbonyl (C=O) groups is 3. The molecule has 1 saturated carbocycles. The zero-order valence-electron chi connectivity index (χ0n) is 18.8. The van der Waals surface area contributed by atoms with Crippen molar-refractivity contribution in [2.24, 2.45) is 0 Å². The predicted octanol–water partition coefficient (Wildman–Crippen LogP) is 4.77. The summed E-state index contributed by atoms with van der Waals surface area (Å²) < 4.78 is 5.18. The number of rotatable bonds is 6. The van der Waals surface area contributed by atoms with Crippen LogP contribution in [0.15, 0.2) is 48.5 Å². The van der Waals surface area contributed by atoms with Gasteiger partial charge in [-0.2, -0.15) is 0 Å². The van der Waals surface area contributed by atoms with Gasteiger partial charge in [-0.15, -0.1) is 0 Å². The third-order valence-electron chi connectivity index (χ3n) is 6.56. The number of imide groups is 1. The van der Waals surface area contributed by atoms with Crippen molar-refractivity contribution in [3.05, 3.63) is 59.1 Å². The first-order valence-electron chi connectivity index (χ1n) is 11.5. The largest absolute Gasteiger partial charge is 0.497 e. The lowest BCUT2D eigenvalue weighted by atomic mass is 10.0. The molecular weight excluding hydrogens is 440 g/mol. The first-order valence-corrected chi connectivity index (χ1v) is 11.9. The molecule has 0 aromatic heterocycles. The summed E-state index contributed by atoms with van der Waals surface area (Å²) in [5, 5.41) is 0.610. The highest BCUT2D eigenvalue weighted by molar-refractivity contribution is 6.30. The molecule has 0 radical (unpaired) electrons. The second-order valence-electron chi connectivity index (χ2n) is 8.73. The topological polar surface area (TPSA) is 66.9 Å². The van der Waals surface area contributed by atoms with Crippen LogP contribution in [0.25, 0.3) is 0 Å². The second kappa shape index (κ2) is 10.4. The van der Waals surface area contributed by atoms with Crippen molar-refractivity contribution in [2.75, 3.05) is 12.0 Å². The highest BCUT2D eigenvalue weighted by Crippen LogP contribution is 2.32. The van der Waals surface area contributed by atoms with Crippen molar-refractivity contribution in [2.45, 2.75) is 63.5 Å². The van der Waals surface area contributed by atoms with Crippen molar-refractivity contribution in [3.8, 4) is 5.75 Å². The van der Waals surface area contributed by atoms with Crippen LogP contribution < -0.4 is 9.64 Å². The molecule has 0 bridgehead atoms. The first-order chi connectivity index (χ1) is 16.0. The van der Waals surface area contributed by atoms with Crippen molar-refractivity contribution < 1.29 is 19.1 Å². The minimum atomic E-state index is -0.775. The molecule has 4 rings (SSSR count). The average molecular weight is 469 g/mol. The zero-order valence-corrected chi connectivity index (χ0v) is 19.6. The molecule has 1 unspecified atom stereocenters. The van der Waals surface area contributed by atoms with Gasteiger partial charge in [0.1, 0.15) is 11.8 Å². The monoisotopic (exact) mass is 468 g/mol. The SMILES string of the molecule is COc1ccc(N2C(=O)CC(N(C(=O)Cc3ccc(Cl)cc3)C3CCCCCC3)C2=O)cc1. The van der Waals surface area contributed by atoms with E-state index >= 15 is 0 Å². The van der Waals surface area contributed by atoms with Crippen LogP contribution in [-0.4, -0.2) is 41.8 Å². The lowest BCUT2D eigenvalue weighted by Gasteiger charge is -2.35. The smallest absolute Gasteiger partial charge is 0.257 e. The van der Waals surface area contributed by atoms with Gasteiger partial charge in [0.2, 0.25) is 11.8 Å². The molecule has 1 aliphatic heterocycles. The molecule has 6 nitrogen and oxygen atoms in total. The number of anilines is 1. The Morgan fingerprint density at radius 3 is 2.24 bits per heavy atom. The van der Waals surface area contributed by atoms with Crippen LogP contribution in [0.3, 0.4) is 0 Å². The third kappa shape index (κ3) is 5.22. The van der Waals surface area contributed by atoms with Gasteiger partial charge in [0.25, 0.3) is 5.91 Å². The Labute approximate surface area is 199 Å². The fraction of sp³-hybridized carbons (Fsp3) is 0.423. The zero-order chi connectivity index (χ0) is 23.4. The second-order valence-corrected chi connectivity index (χ2v) is 9.17. The van der Waals surface area contributed by atoms with Gasteiger partial charge < -0.3 is 9.64 Å². The number of hydrogen-bond acceptors (Lipinski definition) is 4. The summed E-state index contributed by atoms with van der Waals surface area (Å²) in [5.41, 5.74) is 1.34. The first kappa shape index (κ1) is 23.3. The van der Waals surface area contributed by atoms with E-state index in [1.807, 2.05) is 12.1 Å². The van der Waals surface area contributed by atoms with E-state index in [4.69, 9.17) is 16.3 Å². The molecule has 33 heavy (non-hydrogen) atoms. The molecule has 0 N–H and O–H groups in total. The summed E-state index contributed by atoms with van der Waals surface area (Å²) in [6.07, 6.45) is 6.19. The number of benzene rings is 2. The van der Waals surface area contributed by atoms with Gasteiger partial charge in [-0.3, -0.25) is 14.4 Å². The van der Waals surface area contributed by atoms with Crippen molar-refractivity contribution in [3.63, 3.8) is 0 Å². The van der Waals surface area contributed by atoms with Gasteiger partial charge in [-0.1, -0.05) is 49.4 Å². The van der Waals surface area contributed by atoms with E-state index in [0.29, 0.717) is 16.5 Å². The van der Waals surface area contributed by atoms with E-state index in [0.717, 1.165) is 44.1 Å².